The first kappa shape index (κ1) is 12.9. The molecular formula is C16H12BrClO. The molecule has 2 aliphatic rings. The molecule has 0 aliphatic heterocycles. The maximum absolute atomic E-state index is 12.4. The molecule has 1 nitrogen and oxygen atoms in total. The van der Waals surface area contributed by atoms with Gasteiger partial charge in [0, 0.05) is 16.2 Å². The lowest BCUT2D eigenvalue weighted by molar-refractivity contribution is 0.103. The van der Waals surface area contributed by atoms with Gasteiger partial charge in [-0.15, -0.1) is 0 Å². The highest BCUT2D eigenvalue weighted by atomic mass is 79.9. The molecule has 0 saturated heterocycles. The third-order valence-corrected chi connectivity index (χ3v) is 4.79. The van der Waals surface area contributed by atoms with Gasteiger partial charge in [0.15, 0.2) is 5.78 Å². The summed E-state index contributed by atoms with van der Waals surface area (Å²) in [5, 5.41) is 0.874. The van der Waals surface area contributed by atoms with Gasteiger partial charge in [0.2, 0.25) is 0 Å². The summed E-state index contributed by atoms with van der Waals surface area (Å²) in [6.07, 6.45) is 7.65. The third-order valence-electron chi connectivity index (χ3n) is 3.49. The normalized spacial score (nSPS) is 24.2. The summed E-state index contributed by atoms with van der Waals surface area (Å²) in [5.74, 6) is 0.124. The molecule has 1 atom stereocenters. The van der Waals surface area contributed by atoms with Gasteiger partial charge >= 0.3 is 0 Å². The van der Waals surface area contributed by atoms with Crippen LogP contribution in [0.3, 0.4) is 0 Å². The van der Waals surface area contributed by atoms with Crippen LogP contribution in [0.1, 0.15) is 33.6 Å². The van der Waals surface area contributed by atoms with E-state index in [-0.39, 0.29) is 10.6 Å². The van der Waals surface area contributed by atoms with E-state index in [0.29, 0.717) is 0 Å². The number of carbonyl (C=O) groups excluding carboxylic acids is 1. The van der Waals surface area contributed by atoms with Crippen LogP contribution < -0.4 is 0 Å². The van der Waals surface area contributed by atoms with E-state index in [0.717, 1.165) is 40.1 Å². The van der Waals surface area contributed by atoms with Crippen LogP contribution in [0.2, 0.25) is 0 Å². The van der Waals surface area contributed by atoms with Crippen LogP contribution in [0.5, 0.6) is 0 Å². The molecule has 0 amide bonds. The van der Waals surface area contributed by atoms with Crippen LogP contribution in [-0.2, 0) is 0 Å². The Morgan fingerprint density at radius 1 is 1.21 bits per heavy atom. The smallest absolute Gasteiger partial charge is 0.190 e. The highest BCUT2D eigenvalue weighted by molar-refractivity contribution is 9.09. The van der Waals surface area contributed by atoms with Crippen LogP contribution >= 0.6 is 27.5 Å². The zero-order valence-electron chi connectivity index (χ0n) is 10.2. The minimum absolute atomic E-state index is 0.00141. The summed E-state index contributed by atoms with van der Waals surface area (Å²) in [7, 11) is 0. The van der Waals surface area contributed by atoms with Gasteiger partial charge in [0.05, 0.1) is 4.83 Å². The van der Waals surface area contributed by atoms with Crippen molar-refractivity contribution < 1.29 is 4.79 Å². The standard InChI is InChI=1S/C16H12BrClO/c17-15-12-3-1-2-4-13(12)16(19)14(15)9-10-5-7-11(18)8-6-10/h1-5,7,9,15H,6,8H2/b14-9+. The molecule has 1 aromatic carbocycles. The highest BCUT2D eigenvalue weighted by Gasteiger charge is 2.32. The minimum Gasteiger partial charge on any atom is -0.289 e. The third kappa shape index (κ3) is 2.35. The Morgan fingerprint density at radius 2 is 2.00 bits per heavy atom. The van der Waals surface area contributed by atoms with Crippen molar-refractivity contribution in [3.05, 3.63) is 69.8 Å². The summed E-state index contributed by atoms with van der Waals surface area (Å²) in [4.78, 5) is 12.4. The number of fused-ring (bicyclic) bond motifs is 1. The monoisotopic (exact) mass is 334 g/mol. The molecule has 0 aromatic heterocycles. The molecule has 0 heterocycles. The number of halogens is 2. The number of ketones is 1. The fraction of sp³-hybridized carbons (Fsp3) is 0.188. The fourth-order valence-electron chi connectivity index (χ4n) is 2.45. The van der Waals surface area contributed by atoms with Crippen LogP contribution in [0.25, 0.3) is 0 Å². The van der Waals surface area contributed by atoms with Gasteiger partial charge in [-0.05, 0) is 30.1 Å². The second kappa shape index (κ2) is 5.10. The van der Waals surface area contributed by atoms with Gasteiger partial charge in [-0.3, -0.25) is 4.79 Å². The molecule has 0 radical (unpaired) electrons. The number of hydrogen-bond acceptors (Lipinski definition) is 1. The van der Waals surface area contributed by atoms with E-state index in [4.69, 9.17) is 11.6 Å². The SMILES string of the molecule is O=C1/C(=C/C2=CC=C(Cl)CC2)C(Br)c2ccccc21. The predicted octanol–water partition coefficient (Wildman–Crippen LogP) is 5.09. The Hall–Kier alpha value is -1.12. The van der Waals surface area contributed by atoms with E-state index in [1.165, 1.54) is 0 Å². The number of allylic oxidation sites excluding steroid dienone is 6. The van der Waals surface area contributed by atoms with E-state index in [1.54, 1.807) is 0 Å². The molecule has 1 unspecified atom stereocenters. The maximum atomic E-state index is 12.4. The van der Waals surface area contributed by atoms with Gasteiger partial charge in [-0.2, -0.15) is 0 Å². The van der Waals surface area contributed by atoms with Crippen LogP contribution in [0, 0.1) is 0 Å². The Labute approximate surface area is 125 Å². The molecule has 0 saturated carbocycles. The zero-order chi connectivity index (χ0) is 13.4. The first-order chi connectivity index (χ1) is 9.16. The Bertz CT molecular complexity index is 640. The fourth-order valence-corrected chi connectivity index (χ4v) is 3.35. The minimum atomic E-state index is -0.00141. The average Bonchev–Trinajstić information content (AvgIpc) is 2.67. The van der Waals surface area contributed by atoms with E-state index in [9.17, 15) is 4.79 Å². The predicted molar refractivity (Wildman–Crippen MR) is 81.8 cm³/mol. The van der Waals surface area contributed by atoms with E-state index < -0.39 is 0 Å². The van der Waals surface area contributed by atoms with Crippen molar-refractivity contribution in [3.8, 4) is 0 Å². The van der Waals surface area contributed by atoms with Crippen LogP contribution in [0.15, 0.2) is 58.7 Å². The quantitative estimate of drug-likeness (QED) is 0.516. The van der Waals surface area contributed by atoms with Gasteiger partial charge < -0.3 is 0 Å². The number of carbonyl (C=O) groups is 1. The van der Waals surface area contributed by atoms with Gasteiger partial charge in [-0.25, -0.2) is 0 Å². The van der Waals surface area contributed by atoms with E-state index in [1.807, 2.05) is 42.5 Å². The lowest BCUT2D eigenvalue weighted by atomic mass is 10.0. The van der Waals surface area contributed by atoms with E-state index >= 15 is 0 Å². The second-order valence-electron chi connectivity index (χ2n) is 4.73. The summed E-state index contributed by atoms with van der Waals surface area (Å²) in [6.45, 7) is 0. The zero-order valence-corrected chi connectivity index (χ0v) is 12.5. The summed E-state index contributed by atoms with van der Waals surface area (Å²) < 4.78 is 0. The molecule has 3 heteroatoms. The van der Waals surface area contributed by atoms with Crippen molar-refractivity contribution in [1.29, 1.82) is 0 Å². The van der Waals surface area contributed by atoms with Crippen LogP contribution in [0.4, 0.5) is 0 Å². The lowest BCUT2D eigenvalue weighted by Gasteiger charge is -2.09. The van der Waals surface area contributed by atoms with Gasteiger partial charge in [-0.1, -0.05) is 63.9 Å². The topological polar surface area (TPSA) is 17.1 Å². The summed E-state index contributed by atoms with van der Waals surface area (Å²) in [5.41, 5.74) is 3.84. The molecule has 0 fully saturated rings. The number of benzene rings is 1. The lowest BCUT2D eigenvalue weighted by Crippen LogP contribution is -1.98. The van der Waals surface area contributed by atoms with Gasteiger partial charge in [0.25, 0.3) is 0 Å². The Balaban J connectivity index is 1.98. The van der Waals surface area contributed by atoms with Crippen molar-refractivity contribution in [2.24, 2.45) is 0 Å². The molecule has 2 aliphatic carbocycles. The molecule has 19 heavy (non-hydrogen) atoms. The van der Waals surface area contributed by atoms with Crippen LogP contribution in [-0.4, -0.2) is 5.78 Å². The molecular weight excluding hydrogens is 324 g/mol. The summed E-state index contributed by atoms with van der Waals surface area (Å²) >= 11 is 9.57. The first-order valence-corrected chi connectivity index (χ1v) is 7.50. The second-order valence-corrected chi connectivity index (χ2v) is 6.13. The molecule has 0 N–H and O–H groups in total. The molecule has 1 aromatic rings. The van der Waals surface area contributed by atoms with Gasteiger partial charge in [0.1, 0.15) is 0 Å². The van der Waals surface area contributed by atoms with Crippen molar-refractivity contribution >= 4 is 33.3 Å². The maximum Gasteiger partial charge on any atom is 0.190 e. The van der Waals surface area contributed by atoms with E-state index in [2.05, 4.69) is 15.9 Å². The average molecular weight is 336 g/mol. The first-order valence-electron chi connectivity index (χ1n) is 6.21. The highest BCUT2D eigenvalue weighted by Crippen LogP contribution is 2.42. The summed E-state index contributed by atoms with van der Waals surface area (Å²) in [6, 6.07) is 7.76. The van der Waals surface area contributed by atoms with Crippen molar-refractivity contribution in [3.63, 3.8) is 0 Å². The van der Waals surface area contributed by atoms with Crippen molar-refractivity contribution in [1.82, 2.24) is 0 Å². The number of rotatable bonds is 1. The molecule has 96 valence electrons. The Morgan fingerprint density at radius 3 is 2.68 bits per heavy atom. The van der Waals surface area contributed by atoms with Crippen molar-refractivity contribution in [2.45, 2.75) is 17.7 Å². The number of alkyl halides is 1. The Kier molecular flexibility index (Phi) is 3.46. The number of hydrogen-bond donors (Lipinski definition) is 0. The molecule has 0 bridgehead atoms. The van der Waals surface area contributed by atoms with Crippen molar-refractivity contribution in [2.75, 3.05) is 0 Å². The number of Topliss-reactive ketones (excluding diaryl/α,β-unsaturated/α-hetero) is 1. The largest absolute Gasteiger partial charge is 0.289 e. The molecule has 3 rings (SSSR count). The molecule has 0 spiro atoms.